The molecule has 1 unspecified atom stereocenters. The van der Waals surface area contributed by atoms with Crippen molar-refractivity contribution < 1.29 is 9.53 Å². The summed E-state index contributed by atoms with van der Waals surface area (Å²) in [5, 5.41) is 7.69. The molecule has 0 aliphatic carbocycles. The van der Waals surface area contributed by atoms with E-state index in [2.05, 4.69) is 22.3 Å². The smallest absolute Gasteiger partial charge is 0.263 e. The van der Waals surface area contributed by atoms with Gasteiger partial charge in [-0.05, 0) is 25.5 Å². The molecule has 3 aromatic rings. The number of ether oxygens (including phenoxy) is 1. The molecule has 1 aromatic heterocycles. The summed E-state index contributed by atoms with van der Waals surface area (Å²) < 4.78 is 5.81. The van der Waals surface area contributed by atoms with Crippen molar-refractivity contribution in [3.8, 4) is 17.0 Å². The largest absolute Gasteiger partial charge is 0.481 e. The van der Waals surface area contributed by atoms with Crippen LogP contribution in [0.2, 0.25) is 0 Å². The Balaban J connectivity index is 1.45. The molecule has 1 aliphatic heterocycles. The number of carbonyl (C=O) groups excluding carboxylic acids is 1. The molecule has 0 fully saturated rings. The molecule has 1 atom stereocenters. The number of fused-ring (bicyclic) bond motifs is 1. The number of amides is 1. The molecule has 5 nitrogen and oxygen atoms in total. The maximum atomic E-state index is 12.9. The molecule has 0 bridgehead atoms. The second-order valence-electron chi connectivity index (χ2n) is 6.79. The minimum Gasteiger partial charge on any atom is -0.481 e. The summed E-state index contributed by atoms with van der Waals surface area (Å²) >= 11 is 0. The highest BCUT2D eigenvalue weighted by Gasteiger charge is 2.26. The molecule has 5 heteroatoms. The third-order valence-corrected chi connectivity index (χ3v) is 4.98. The number of nitrogens with zero attached hydrogens (tertiary/aromatic N) is 2. The summed E-state index contributed by atoms with van der Waals surface area (Å²) in [7, 11) is 0. The van der Waals surface area contributed by atoms with Crippen molar-refractivity contribution in [2.75, 3.05) is 13.1 Å². The van der Waals surface area contributed by atoms with E-state index in [4.69, 9.17) is 4.74 Å². The molecule has 0 saturated heterocycles. The van der Waals surface area contributed by atoms with E-state index >= 15 is 0 Å². The number of nitrogens with one attached hydrogen (secondary N) is 1. The predicted octanol–water partition coefficient (Wildman–Crippen LogP) is 3.47. The van der Waals surface area contributed by atoms with E-state index < -0.39 is 6.10 Å². The molecular weight excluding hydrogens is 338 g/mol. The molecule has 27 heavy (non-hydrogen) atoms. The van der Waals surface area contributed by atoms with Crippen LogP contribution in [0.3, 0.4) is 0 Å². The van der Waals surface area contributed by atoms with Crippen LogP contribution in [-0.2, 0) is 17.6 Å². The van der Waals surface area contributed by atoms with Gasteiger partial charge >= 0.3 is 0 Å². The molecule has 1 aliphatic rings. The highest BCUT2D eigenvalue weighted by molar-refractivity contribution is 5.81. The SMILES string of the molecule is CC(Oc1ccccc1)C(=O)N1CCc2[nH]nc(-c3ccccc3)c2CC1. The lowest BCUT2D eigenvalue weighted by Gasteiger charge is -2.24. The molecule has 138 valence electrons. The number of carbonyl (C=O) groups is 1. The van der Waals surface area contributed by atoms with E-state index in [0.29, 0.717) is 18.8 Å². The van der Waals surface area contributed by atoms with Gasteiger partial charge in [0.15, 0.2) is 6.10 Å². The fourth-order valence-corrected chi connectivity index (χ4v) is 3.55. The van der Waals surface area contributed by atoms with E-state index in [1.54, 1.807) is 0 Å². The second-order valence-corrected chi connectivity index (χ2v) is 6.79. The first-order valence-electron chi connectivity index (χ1n) is 9.34. The lowest BCUT2D eigenvalue weighted by atomic mass is 10.0. The quantitative estimate of drug-likeness (QED) is 0.774. The molecule has 0 spiro atoms. The average Bonchev–Trinajstić information content (AvgIpc) is 3.00. The Bertz CT molecular complexity index is 906. The minimum atomic E-state index is -0.504. The first-order chi connectivity index (χ1) is 13.2. The van der Waals surface area contributed by atoms with Crippen LogP contribution < -0.4 is 4.74 Å². The van der Waals surface area contributed by atoms with Crippen LogP contribution in [-0.4, -0.2) is 40.2 Å². The van der Waals surface area contributed by atoms with Crippen molar-refractivity contribution in [1.82, 2.24) is 15.1 Å². The molecule has 4 rings (SSSR count). The molecular formula is C22H23N3O2. The van der Waals surface area contributed by atoms with Crippen molar-refractivity contribution in [1.29, 1.82) is 0 Å². The second kappa shape index (κ2) is 7.66. The monoisotopic (exact) mass is 361 g/mol. The number of aromatic nitrogens is 2. The van der Waals surface area contributed by atoms with Gasteiger partial charge in [0, 0.05) is 36.3 Å². The van der Waals surface area contributed by atoms with Crippen LogP contribution in [0.5, 0.6) is 5.75 Å². The number of benzene rings is 2. The molecule has 0 saturated carbocycles. The van der Waals surface area contributed by atoms with Crippen LogP contribution in [0, 0.1) is 0 Å². The summed E-state index contributed by atoms with van der Waals surface area (Å²) in [6, 6.07) is 19.7. The zero-order valence-electron chi connectivity index (χ0n) is 15.4. The van der Waals surface area contributed by atoms with Gasteiger partial charge in [-0.15, -0.1) is 0 Å². The highest BCUT2D eigenvalue weighted by atomic mass is 16.5. The van der Waals surface area contributed by atoms with Gasteiger partial charge < -0.3 is 9.64 Å². The molecule has 1 N–H and O–H groups in total. The van der Waals surface area contributed by atoms with Gasteiger partial charge in [0.05, 0.1) is 5.69 Å². The van der Waals surface area contributed by atoms with Crippen molar-refractivity contribution in [2.24, 2.45) is 0 Å². The van der Waals surface area contributed by atoms with Gasteiger partial charge in [-0.1, -0.05) is 48.5 Å². The van der Waals surface area contributed by atoms with E-state index in [-0.39, 0.29) is 5.91 Å². The number of hydrogen-bond acceptors (Lipinski definition) is 3. The number of hydrogen-bond donors (Lipinski definition) is 1. The molecule has 0 radical (unpaired) electrons. The zero-order valence-corrected chi connectivity index (χ0v) is 15.4. The van der Waals surface area contributed by atoms with Gasteiger partial charge in [-0.3, -0.25) is 9.89 Å². The third kappa shape index (κ3) is 3.72. The Morgan fingerprint density at radius 2 is 1.70 bits per heavy atom. The highest BCUT2D eigenvalue weighted by Crippen LogP contribution is 2.26. The average molecular weight is 361 g/mol. The Labute approximate surface area is 159 Å². The number of H-pyrrole nitrogens is 1. The van der Waals surface area contributed by atoms with E-state index in [1.165, 1.54) is 5.56 Å². The Kier molecular flexibility index (Phi) is 4.92. The fourth-order valence-electron chi connectivity index (χ4n) is 3.55. The Hall–Kier alpha value is -3.08. The predicted molar refractivity (Wildman–Crippen MR) is 105 cm³/mol. The fraction of sp³-hybridized carbons (Fsp3) is 0.273. The summed E-state index contributed by atoms with van der Waals surface area (Å²) in [6.45, 7) is 3.16. The summed E-state index contributed by atoms with van der Waals surface area (Å²) in [4.78, 5) is 14.8. The van der Waals surface area contributed by atoms with Gasteiger partial charge in [-0.2, -0.15) is 5.10 Å². The van der Waals surface area contributed by atoms with Crippen LogP contribution >= 0.6 is 0 Å². The van der Waals surface area contributed by atoms with Gasteiger partial charge in [0.2, 0.25) is 0 Å². The van der Waals surface area contributed by atoms with Crippen LogP contribution in [0.4, 0.5) is 0 Å². The van der Waals surface area contributed by atoms with Gasteiger partial charge in [0.25, 0.3) is 5.91 Å². The first-order valence-corrected chi connectivity index (χ1v) is 9.34. The Morgan fingerprint density at radius 1 is 1.04 bits per heavy atom. The van der Waals surface area contributed by atoms with Gasteiger partial charge in [0.1, 0.15) is 5.75 Å². The van der Waals surface area contributed by atoms with E-state index in [1.807, 2.05) is 60.4 Å². The molecule has 2 heterocycles. The Morgan fingerprint density at radius 3 is 2.44 bits per heavy atom. The van der Waals surface area contributed by atoms with E-state index in [0.717, 1.165) is 29.8 Å². The van der Waals surface area contributed by atoms with Crippen molar-refractivity contribution in [3.63, 3.8) is 0 Å². The topological polar surface area (TPSA) is 58.2 Å². The molecule has 1 amide bonds. The third-order valence-electron chi connectivity index (χ3n) is 4.98. The summed E-state index contributed by atoms with van der Waals surface area (Å²) in [5.74, 6) is 0.743. The van der Waals surface area contributed by atoms with Crippen LogP contribution in [0.15, 0.2) is 60.7 Å². The number of aromatic amines is 1. The summed E-state index contributed by atoms with van der Waals surface area (Å²) in [5.41, 5.74) is 4.44. The first kappa shape index (κ1) is 17.3. The maximum Gasteiger partial charge on any atom is 0.263 e. The standard InChI is InChI=1S/C22H23N3O2/c1-16(27-18-10-6-3-7-11-18)22(26)25-14-12-19-20(13-15-25)23-24-21(19)17-8-4-2-5-9-17/h2-11,16H,12-15H2,1H3,(H,23,24). The minimum absolute atomic E-state index is 0.0261. The van der Waals surface area contributed by atoms with Crippen LogP contribution in [0.25, 0.3) is 11.3 Å². The normalized spacial score (nSPS) is 14.9. The zero-order chi connectivity index (χ0) is 18.6. The number of rotatable bonds is 4. The number of para-hydroxylation sites is 1. The van der Waals surface area contributed by atoms with Crippen molar-refractivity contribution in [3.05, 3.63) is 71.9 Å². The lowest BCUT2D eigenvalue weighted by Crippen LogP contribution is -2.41. The van der Waals surface area contributed by atoms with Gasteiger partial charge in [-0.25, -0.2) is 0 Å². The maximum absolute atomic E-state index is 12.9. The van der Waals surface area contributed by atoms with Crippen LogP contribution in [0.1, 0.15) is 18.2 Å². The van der Waals surface area contributed by atoms with E-state index in [9.17, 15) is 4.79 Å². The van der Waals surface area contributed by atoms with Crippen molar-refractivity contribution in [2.45, 2.75) is 25.9 Å². The summed E-state index contributed by atoms with van der Waals surface area (Å²) in [6.07, 6.45) is 1.06. The van der Waals surface area contributed by atoms with Crippen molar-refractivity contribution >= 4 is 5.91 Å². The lowest BCUT2D eigenvalue weighted by molar-refractivity contribution is -0.137. The molecule has 2 aromatic carbocycles.